The van der Waals surface area contributed by atoms with E-state index >= 15 is 0 Å². The van der Waals surface area contributed by atoms with Crippen LogP contribution in [0.5, 0.6) is 0 Å². The summed E-state index contributed by atoms with van der Waals surface area (Å²) >= 11 is 0. The van der Waals surface area contributed by atoms with Gasteiger partial charge in [-0.05, 0) is 39.5 Å². The Labute approximate surface area is 196 Å². The lowest BCUT2D eigenvalue weighted by Crippen LogP contribution is -2.58. The molecule has 3 fully saturated rings. The third kappa shape index (κ3) is 4.12. The Bertz CT molecular complexity index is 800. The van der Waals surface area contributed by atoms with Crippen LogP contribution < -0.4 is 0 Å². The fraction of sp³-hybridized carbons (Fsp3) is 0.720. The van der Waals surface area contributed by atoms with Gasteiger partial charge in [0.15, 0.2) is 0 Å². The Kier molecular flexibility index (Phi) is 7.69. The number of carbonyl (C=O) groups is 3. The lowest BCUT2D eigenvalue weighted by molar-refractivity contribution is -0.159. The van der Waals surface area contributed by atoms with Crippen LogP contribution in [0.2, 0.25) is 0 Å². The molecular formula is C25H38N2O6. The molecule has 0 aromatic carbocycles. The quantitative estimate of drug-likeness (QED) is 0.352. The number of nitrogens with zero attached hydrogens (tertiary/aromatic N) is 2. The van der Waals surface area contributed by atoms with E-state index < -0.39 is 35.0 Å². The molecule has 2 amide bonds. The number of fused-ring (bicyclic) bond motifs is 1. The van der Waals surface area contributed by atoms with E-state index in [2.05, 4.69) is 20.1 Å². The first-order chi connectivity index (χ1) is 15.7. The number of ether oxygens (including phenoxy) is 2. The first-order valence-electron chi connectivity index (χ1n) is 12.0. The van der Waals surface area contributed by atoms with Crippen LogP contribution in [0.1, 0.15) is 52.9 Å². The number of likely N-dealkylation sites (tertiary alicyclic amines) is 1. The molecule has 0 aromatic heterocycles. The predicted molar refractivity (Wildman–Crippen MR) is 123 cm³/mol. The largest absolute Gasteiger partial charge is 0.461 e. The van der Waals surface area contributed by atoms with Gasteiger partial charge >= 0.3 is 5.97 Å². The van der Waals surface area contributed by atoms with E-state index in [0.29, 0.717) is 25.8 Å². The minimum Gasteiger partial charge on any atom is -0.461 e. The summed E-state index contributed by atoms with van der Waals surface area (Å²) in [6, 6.07) is -0.881. The number of hydrogen-bond donors (Lipinski definition) is 1. The molecule has 2 bridgehead atoms. The molecule has 184 valence electrons. The zero-order chi connectivity index (χ0) is 24.4. The Morgan fingerprint density at radius 2 is 2.09 bits per heavy atom. The first kappa shape index (κ1) is 25.4. The topological polar surface area (TPSA) is 96.4 Å². The Morgan fingerprint density at radius 1 is 1.36 bits per heavy atom. The van der Waals surface area contributed by atoms with E-state index in [1.165, 1.54) is 11.0 Å². The lowest BCUT2D eigenvalue weighted by atomic mass is 9.66. The van der Waals surface area contributed by atoms with Gasteiger partial charge in [-0.3, -0.25) is 14.4 Å². The third-order valence-corrected chi connectivity index (χ3v) is 7.51. The first-order valence-corrected chi connectivity index (χ1v) is 12.0. The van der Waals surface area contributed by atoms with Crippen molar-refractivity contribution in [2.45, 2.75) is 76.2 Å². The number of esters is 1. The van der Waals surface area contributed by atoms with E-state index in [1.807, 2.05) is 13.8 Å². The smallest absolute Gasteiger partial charge is 0.313 e. The van der Waals surface area contributed by atoms with Gasteiger partial charge in [-0.15, -0.1) is 6.58 Å². The van der Waals surface area contributed by atoms with Gasteiger partial charge in [-0.25, -0.2) is 0 Å². The molecule has 3 unspecified atom stereocenters. The summed E-state index contributed by atoms with van der Waals surface area (Å²) in [6.45, 7) is 13.8. The van der Waals surface area contributed by atoms with E-state index in [1.54, 1.807) is 11.0 Å². The maximum Gasteiger partial charge on any atom is 0.313 e. The fourth-order valence-corrected chi connectivity index (χ4v) is 6.13. The van der Waals surface area contributed by atoms with Gasteiger partial charge < -0.3 is 24.4 Å². The lowest BCUT2D eigenvalue weighted by Gasteiger charge is -2.39. The molecular weight excluding hydrogens is 424 g/mol. The van der Waals surface area contributed by atoms with Gasteiger partial charge in [0.25, 0.3) is 0 Å². The summed E-state index contributed by atoms with van der Waals surface area (Å²) in [4.78, 5) is 44.1. The molecule has 1 N–H and O–H groups in total. The number of hydrogen-bond acceptors (Lipinski definition) is 6. The predicted octanol–water partition coefficient (Wildman–Crippen LogP) is 2.07. The molecule has 3 saturated heterocycles. The molecule has 3 heterocycles. The normalized spacial score (nSPS) is 33.0. The zero-order valence-electron chi connectivity index (χ0n) is 20.1. The standard InChI is InChI=1S/C25H38N2O6/c1-6-10-17(4)26(13-7-2)22(30)20-25-12-11-24(5,33-25)19(23(31)32-16-8-3)18(25)21(29)27(20)14-9-15-28/h7-8,17-20,28H,2-3,6,9-16H2,1,4-5H3/t17?,18-,19-,20?,24+,25?/m0/s1. The minimum atomic E-state index is -1.08. The van der Waals surface area contributed by atoms with Crippen LogP contribution in [0.15, 0.2) is 25.3 Å². The molecule has 3 aliphatic rings. The molecule has 1 spiro atoms. The van der Waals surface area contributed by atoms with Crippen molar-refractivity contribution in [2.75, 3.05) is 26.3 Å². The van der Waals surface area contributed by atoms with Gasteiger partial charge in [0, 0.05) is 25.7 Å². The molecule has 0 radical (unpaired) electrons. The molecule has 0 aromatic rings. The molecule has 8 heteroatoms. The van der Waals surface area contributed by atoms with Gasteiger partial charge in [0.2, 0.25) is 11.8 Å². The van der Waals surface area contributed by atoms with Crippen LogP contribution in [-0.4, -0.2) is 82.3 Å². The highest BCUT2D eigenvalue weighted by Gasteiger charge is 2.78. The molecule has 3 rings (SSSR count). The summed E-state index contributed by atoms with van der Waals surface area (Å²) < 4.78 is 11.9. The maximum absolute atomic E-state index is 14.1. The van der Waals surface area contributed by atoms with Crippen molar-refractivity contribution in [2.24, 2.45) is 11.8 Å². The summed E-state index contributed by atoms with van der Waals surface area (Å²) in [5.41, 5.74) is -1.94. The molecule has 0 aliphatic carbocycles. The van der Waals surface area contributed by atoms with Gasteiger partial charge in [0.1, 0.15) is 24.2 Å². The minimum absolute atomic E-state index is 0.0340. The van der Waals surface area contributed by atoms with Crippen molar-refractivity contribution in [3.63, 3.8) is 0 Å². The molecule has 6 atom stereocenters. The summed E-state index contributed by atoms with van der Waals surface area (Å²) in [6.07, 6.45) is 6.34. The molecule has 3 aliphatic heterocycles. The molecule has 33 heavy (non-hydrogen) atoms. The second kappa shape index (κ2) is 9.97. The van der Waals surface area contributed by atoms with Crippen molar-refractivity contribution >= 4 is 17.8 Å². The van der Waals surface area contributed by atoms with Crippen LogP contribution in [0.25, 0.3) is 0 Å². The van der Waals surface area contributed by atoms with Gasteiger partial charge in [-0.1, -0.05) is 32.1 Å². The highest BCUT2D eigenvalue weighted by atomic mass is 16.6. The summed E-state index contributed by atoms with van der Waals surface area (Å²) in [5, 5.41) is 9.44. The Balaban J connectivity index is 2.04. The van der Waals surface area contributed by atoms with E-state index in [4.69, 9.17) is 9.47 Å². The van der Waals surface area contributed by atoms with Crippen LogP contribution in [0, 0.1) is 11.8 Å². The average molecular weight is 463 g/mol. The summed E-state index contributed by atoms with van der Waals surface area (Å²) in [7, 11) is 0. The van der Waals surface area contributed by atoms with Crippen molar-refractivity contribution in [3.8, 4) is 0 Å². The molecule has 8 nitrogen and oxygen atoms in total. The van der Waals surface area contributed by atoms with E-state index in [-0.39, 0.29) is 37.6 Å². The SMILES string of the molecule is C=CCOC(=O)[C@@H]1[C@H]2C(=O)N(CCCO)C(C(=O)N(CC=C)C(C)CCC)C23CC[C@@]1(C)O3. The average Bonchev–Trinajstić information content (AvgIpc) is 3.34. The van der Waals surface area contributed by atoms with E-state index in [9.17, 15) is 19.5 Å². The summed E-state index contributed by atoms with van der Waals surface area (Å²) in [5.74, 6) is -2.52. The number of carbonyl (C=O) groups excluding carboxylic acids is 3. The van der Waals surface area contributed by atoms with Crippen LogP contribution in [-0.2, 0) is 23.9 Å². The van der Waals surface area contributed by atoms with Crippen LogP contribution >= 0.6 is 0 Å². The number of rotatable bonds is 12. The van der Waals surface area contributed by atoms with Crippen LogP contribution in [0.3, 0.4) is 0 Å². The second-order valence-electron chi connectivity index (χ2n) is 9.67. The highest BCUT2D eigenvalue weighted by Crippen LogP contribution is 2.63. The second-order valence-corrected chi connectivity index (χ2v) is 9.67. The van der Waals surface area contributed by atoms with Crippen molar-refractivity contribution in [1.29, 1.82) is 0 Å². The molecule has 0 saturated carbocycles. The van der Waals surface area contributed by atoms with Gasteiger partial charge in [-0.2, -0.15) is 0 Å². The van der Waals surface area contributed by atoms with Crippen molar-refractivity contribution < 1.29 is 29.0 Å². The third-order valence-electron chi connectivity index (χ3n) is 7.51. The van der Waals surface area contributed by atoms with E-state index in [0.717, 1.165) is 12.8 Å². The number of aliphatic hydroxyl groups is 1. The van der Waals surface area contributed by atoms with Crippen molar-refractivity contribution in [1.82, 2.24) is 9.80 Å². The van der Waals surface area contributed by atoms with Crippen LogP contribution in [0.4, 0.5) is 0 Å². The Morgan fingerprint density at radius 3 is 2.70 bits per heavy atom. The monoisotopic (exact) mass is 462 g/mol. The number of amides is 2. The Hall–Kier alpha value is -2.19. The fourth-order valence-electron chi connectivity index (χ4n) is 6.13. The maximum atomic E-state index is 14.1. The highest BCUT2D eigenvalue weighted by molar-refractivity contribution is 5.98. The van der Waals surface area contributed by atoms with Crippen molar-refractivity contribution in [3.05, 3.63) is 25.3 Å². The zero-order valence-corrected chi connectivity index (χ0v) is 20.1. The number of aliphatic hydroxyl groups excluding tert-OH is 1. The van der Waals surface area contributed by atoms with Gasteiger partial charge in [0.05, 0.1) is 11.5 Å².